The number of aliphatic imine (C=N–C) groups is 2. The van der Waals surface area contributed by atoms with Gasteiger partial charge in [-0.1, -0.05) is 11.8 Å². The first kappa shape index (κ1) is 16.5. The summed E-state index contributed by atoms with van der Waals surface area (Å²) in [6, 6.07) is 12.4. The number of thioether (sulfide) groups is 1. The number of phenolic OH excluding ortho intramolecular Hbond substituents is 1. The summed E-state index contributed by atoms with van der Waals surface area (Å²) in [5, 5.41) is 10.3. The van der Waals surface area contributed by atoms with Gasteiger partial charge in [0.05, 0.1) is 19.6 Å². The van der Waals surface area contributed by atoms with Crippen LogP contribution < -0.4 is 4.74 Å². The third-order valence-corrected chi connectivity index (χ3v) is 5.12. The molecule has 0 fully saturated rings. The Hall–Kier alpha value is -2.93. The van der Waals surface area contributed by atoms with E-state index in [1.165, 1.54) is 18.9 Å². The second-order valence-corrected chi connectivity index (χ2v) is 6.72. The molecule has 0 unspecified atom stereocenters. The van der Waals surface area contributed by atoms with Gasteiger partial charge in [0.2, 0.25) is 0 Å². The number of methoxy groups -OCH3 is 1. The van der Waals surface area contributed by atoms with E-state index in [1.54, 1.807) is 36.9 Å². The maximum Gasteiger partial charge on any atom is 0.184 e. The Balaban J connectivity index is 1.59. The number of aromatic hydroxyl groups is 1. The lowest BCUT2D eigenvalue weighted by Crippen LogP contribution is -1.99. The van der Waals surface area contributed by atoms with Gasteiger partial charge in [0.1, 0.15) is 22.8 Å². The van der Waals surface area contributed by atoms with Crippen molar-refractivity contribution in [1.82, 2.24) is 0 Å². The highest BCUT2D eigenvalue weighted by Crippen LogP contribution is 2.48. The Morgan fingerprint density at radius 2 is 1.92 bits per heavy atom. The van der Waals surface area contributed by atoms with Crippen molar-refractivity contribution in [3.8, 4) is 11.5 Å². The Morgan fingerprint density at radius 3 is 2.62 bits per heavy atom. The van der Waals surface area contributed by atoms with Crippen LogP contribution in [0.1, 0.15) is 28.4 Å². The zero-order valence-electron chi connectivity index (χ0n) is 13.9. The van der Waals surface area contributed by atoms with Crippen LogP contribution in [0.3, 0.4) is 0 Å². The smallest absolute Gasteiger partial charge is 0.184 e. The molecule has 1 aliphatic rings. The van der Waals surface area contributed by atoms with Crippen molar-refractivity contribution < 1.29 is 18.7 Å². The summed E-state index contributed by atoms with van der Waals surface area (Å²) in [7, 11) is 1.51. The first-order valence-electron chi connectivity index (χ1n) is 7.97. The molecule has 2 atom stereocenters. The van der Waals surface area contributed by atoms with Crippen molar-refractivity contribution in [1.29, 1.82) is 0 Å². The van der Waals surface area contributed by atoms with Gasteiger partial charge in [-0.05, 0) is 48.0 Å². The molecule has 1 N–H and O–H groups in total. The summed E-state index contributed by atoms with van der Waals surface area (Å²) < 4.78 is 16.2. The average Bonchev–Trinajstić information content (AvgIpc) is 3.40. The second-order valence-electron chi connectivity index (χ2n) is 5.62. The summed E-state index contributed by atoms with van der Waals surface area (Å²) in [5.74, 6) is 2.09. The molecule has 0 amide bonds. The molecule has 0 radical (unpaired) electrons. The highest BCUT2D eigenvalue weighted by molar-refractivity contribution is 8.14. The van der Waals surface area contributed by atoms with Gasteiger partial charge in [0, 0.05) is 6.21 Å². The van der Waals surface area contributed by atoms with Gasteiger partial charge in [-0.2, -0.15) is 0 Å². The van der Waals surface area contributed by atoms with Crippen LogP contribution in [0.5, 0.6) is 11.5 Å². The largest absolute Gasteiger partial charge is 0.504 e. The van der Waals surface area contributed by atoms with Crippen LogP contribution >= 0.6 is 11.8 Å². The number of furan rings is 2. The summed E-state index contributed by atoms with van der Waals surface area (Å²) in [6.45, 7) is 0. The predicted molar refractivity (Wildman–Crippen MR) is 100 cm³/mol. The van der Waals surface area contributed by atoms with Crippen LogP contribution in [0.25, 0.3) is 0 Å². The molecule has 0 saturated heterocycles. The summed E-state index contributed by atoms with van der Waals surface area (Å²) >= 11 is 1.52. The number of hydrogen-bond acceptors (Lipinski definition) is 7. The molecule has 3 aromatic rings. The van der Waals surface area contributed by atoms with E-state index in [2.05, 4.69) is 4.99 Å². The Morgan fingerprint density at radius 1 is 1.15 bits per heavy atom. The van der Waals surface area contributed by atoms with E-state index in [9.17, 15) is 5.11 Å². The molecule has 4 rings (SSSR count). The lowest BCUT2D eigenvalue weighted by Gasteiger charge is -2.11. The number of rotatable bonds is 4. The molecule has 2 aromatic heterocycles. The normalized spacial score (nSPS) is 19.8. The molecular weight excluding hydrogens is 352 g/mol. The van der Waals surface area contributed by atoms with E-state index in [1.807, 2.05) is 24.3 Å². The molecule has 0 saturated carbocycles. The summed E-state index contributed by atoms with van der Waals surface area (Å²) in [6.07, 6.45) is 4.98. The zero-order valence-corrected chi connectivity index (χ0v) is 14.7. The van der Waals surface area contributed by atoms with Crippen LogP contribution in [0.4, 0.5) is 0 Å². The quantitative estimate of drug-likeness (QED) is 0.681. The second kappa shape index (κ2) is 7.13. The lowest BCUT2D eigenvalue weighted by molar-refractivity contribution is 0.373. The highest BCUT2D eigenvalue weighted by Gasteiger charge is 2.36. The lowest BCUT2D eigenvalue weighted by atomic mass is 10.1. The first-order chi connectivity index (χ1) is 12.7. The Bertz CT molecular complexity index is 933. The van der Waals surface area contributed by atoms with Crippen LogP contribution in [0, 0.1) is 0 Å². The van der Waals surface area contributed by atoms with Crippen molar-refractivity contribution in [3.05, 3.63) is 72.1 Å². The molecule has 3 heterocycles. The molecule has 0 aliphatic carbocycles. The van der Waals surface area contributed by atoms with Crippen molar-refractivity contribution in [2.24, 2.45) is 9.98 Å². The fraction of sp³-hybridized carbons (Fsp3) is 0.158. The van der Waals surface area contributed by atoms with Crippen molar-refractivity contribution in [3.63, 3.8) is 0 Å². The van der Waals surface area contributed by atoms with Gasteiger partial charge >= 0.3 is 0 Å². The van der Waals surface area contributed by atoms with Gasteiger partial charge in [-0.15, -0.1) is 0 Å². The third-order valence-electron chi connectivity index (χ3n) is 3.95. The van der Waals surface area contributed by atoms with Crippen molar-refractivity contribution >= 4 is 23.1 Å². The number of amidine groups is 1. The van der Waals surface area contributed by atoms with Gasteiger partial charge in [0.25, 0.3) is 0 Å². The highest BCUT2D eigenvalue weighted by atomic mass is 32.2. The molecule has 0 bridgehead atoms. The van der Waals surface area contributed by atoms with Gasteiger partial charge in [-0.3, -0.25) is 0 Å². The fourth-order valence-electron chi connectivity index (χ4n) is 2.70. The molecule has 0 spiro atoms. The molecule has 1 aromatic carbocycles. The number of ether oxygens (including phenoxy) is 1. The standard InChI is InChI=1S/C19H16N2O4S/c1-23-16-10-12(6-7-13(16)22)11-20-19-21-17(14-4-2-8-24-14)18(26-19)15-5-3-9-25-15/h2-11,17-18,22H,1H3/t17-,18+/m0/s1. The topological polar surface area (TPSA) is 80.5 Å². The van der Waals surface area contributed by atoms with E-state index in [-0.39, 0.29) is 17.0 Å². The number of hydrogen-bond donors (Lipinski definition) is 1. The number of benzene rings is 1. The molecule has 26 heavy (non-hydrogen) atoms. The van der Waals surface area contributed by atoms with Crippen LogP contribution in [-0.4, -0.2) is 23.6 Å². The minimum atomic E-state index is -0.192. The van der Waals surface area contributed by atoms with Gasteiger partial charge < -0.3 is 18.7 Å². The van der Waals surface area contributed by atoms with Gasteiger partial charge in [0.15, 0.2) is 16.7 Å². The monoisotopic (exact) mass is 368 g/mol. The van der Waals surface area contributed by atoms with Crippen molar-refractivity contribution in [2.75, 3.05) is 7.11 Å². The molecular formula is C19H16N2O4S. The number of phenols is 1. The van der Waals surface area contributed by atoms with E-state index < -0.39 is 0 Å². The Labute approximate surface area is 154 Å². The minimum absolute atomic E-state index is 0.0300. The maximum atomic E-state index is 9.68. The minimum Gasteiger partial charge on any atom is -0.504 e. The predicted octanol–water partition coefficient (Wildman–Crippen LogP) is 4.59. The van der Waals surface area contributed by atoms with E-state index >= 15 is 0 Å². The molecule has 132 valence electrons. The van der Waals surface area contributed by atoms with E-state index in [0.29, 0.717) is 10.9 Å². The fourth-order valence-corrected chi connectivity index (χ4v) is 3.79. The Kier molecular flexibility index (Phi) is 4.53. The van der Waals surface area contributed by atoms with E-state index in [4.69, 9.17) is 18.6 Å². The molecule has 1 aliphatic heterocycles. The van der Waals surface area contributed by atoms with Crippen LogP contribution in [-0.2, 0) is 0 Å². The third kappa shape index (κ3) is 3.25. The summed E-state index contributed by atoms with van der Waals surface area (Å²) in [5.41, 5.74) is 0.805. The molecule has 7 heteroatoms. The van der Waals surface area contributed by atoms with Crippen molar-refractivity contribution in [2.45, 2.75) is 11.3 Å². The summed E-state index contributed by atoms with van der Waals surface area (Å²) in [4.78, 5) is 9.18. The van der Waals surface area contributed by atoms with Crippen LogP contribution in [0.15, 0.2) is 73.8 Å². The zero-order chi connectivity index (χ0) is 17.9. The average molecular weight is 368 g/mol. The van der Waals surface area contributed by atoms with Crippen LogP contribution in [0.2, 0.25) is 0 Å². The van der Waals surface area contributed by atoms with Gasteiger partial charge in [-0.25, -0.2) is 9.98 Å². The first-order valence-corrected chi connectivity index (χ1v) is 8.85. The number of nitrogens with zero attached hydrogens (tertiary/aromatic N) is 2. The van der Waals surface area contributed by atoms with E-state index in [0.717, 1.165) is 17.1 Å². The SMILES string of the molecule is COc1cc(C=NC2=N[C@@H](c3ccco3)[C@@H](c3ccco3)S2)ccc1O. The maximum absolute atomic E-state index is 9.68. The molecule has 6 nitrogen and oxygen atoms in total.